The molecule has 0 saturated heterocycles. The summed E-state index contributed by atoms with van der Waals surface area (Å²) in [6, 6.07) is 8.01. The minimum Gasteiger partial charge on any atom is -0.332 e. The van der Waals surface area contributed by atoms with Crippen molar-refractivity contribution in [3.8, 4) is 0 Å². The first kappa shape index (κ1) is 16.1. The Labute approximate surface area is 149 Å². The van der Waals surface area contributed by atoms with E-state index in [1.165, 1.54) is 44.1 Å². The number of hydrogen-bond donors (Lipinski definition) is 2. The Kier molecular flexibility index (Phi) is 4.11. The molecule has 4 saturated carbocycles. The van der Waals surface area contributed by atoms with Gasteiger partial charge in [0, 0.05) is 12.1 Å². The maximum absolute atomic E-state index is 12.6. The standard InChI is InChI=1S/C20H26N2OS/c1-13-3-2-4-17(5-13)21-19(24)22-18(23)12-20-9-14-6-15(10-20)8-16(7-14)11-20/h2-5,14-16H,6-12H2,1H3,(H2,21,22,23,24). The summed E-state index contributed by atoms with van der Waals surface area (Å²) in [7, 11) is 0. The monoisotopic (exact) mass is 342 g/mol. The smallest absolute Gasteiger partial charge is 0.226 e. The molecule has 3 nitrogen and oxygen atoms in total. The molecule has 4 aliphatic rings. The van der Waals surface area contributed by atoms with E-state index in [2.05, 4.69) is 10.6 Å². The molecule has 1 aromatic rings. The highest BCUT2D eigenvalue weighted by molar-refractivity contribution is 7.80. The molecule has 24 heavy (non-hydrogen) atoms. The lowest BCUT2D eigenvalue weighted by molar-refractivity contribution is -0.127. The molecule has 4 bridgehead atoms. The maximum atomic E-state index is 12.6. The van der Waals surface area contributed by atoms with E-state index in [1.807, 2.05) is 31.2 Å². The fourth-order valence-electron chi connectivity index (χ4n) is 5.90. The second-order valence-electron chi connectivity index (χ2n) is 8.47. The van der Waals surface area contributed by atoms with Crippen LogP contribution in [0.2, 0.25) is 0 Å². The van der Waals surface area contributed by atoms with E-state index in [0.29, 0.717) is 11.5 Å². The van der Waals surface area contributed by atoms with Crippen molar-refractivity contribution >= 4 is 28.9 Å². The van der Waals surface area contributed by atoms with E-state index < -0.39 is 0 Å². The summed E-state index contributed by atoms with van der Waals surface area (Å²) in [5.41, 5.74) is 2.36. The van der Waals surface area contributed by atoms with Crippen molar-refractivity contribution < 1.29 is 4.79 Å². The van der Waals surface area contributed by atoms with Crippen LogP contribution in [0.15, 0.2) is 24.3 Å². The summed E-state index contributed by atoms with van der Waals surface area (Å²) in [5.74, 6) is 2.71. The lowest BCUT2D eigenvalue weighted by Gasteiger charge is -2.56. The molecule has 1 amide bonds. The van der Waals surface area contributed by atoms with Gasteiger partial charge >= 0.3 is 0 Å². The fourth-order valence-corrected chi connectivity index (χ4v) is 6.13. The number of hydrogen-bond acceptors (Lipinski definition) is 2. The molecule has 0 unspecified atom stereocenters. The number of amides is 1. The van der Waals surface area contributed by atoms with Crippen molar-refractivity contribution in [3.63, 3.8) is 0 Å². The van der Waals surface area contributed by atoms with Crippen LogP contribution in [-0.4, -0.2) is 11.0 Å². The Bertz CT molecular complexity index is 634. The summed E-state index contributed by atoms with van der Waals surface area (Å²) in [6.07, 6.45) is 8.64. The van der Waals surface area contributed by atoms with Gasteiger partial charge in [-0.2, -0.15) is 0 Å². The zero-order valence-electron chi connectivity index (χ0n) is 14.3. The molecule has 4 fully saturated rings. The molecule has 0 aromatic heterocycles. The van der Waals surface area contributed by atoms with Gasteiger partial charge in [-0.05, 0) is 98.5 Å². The van der Waals surface area contributed by atoms with Crippen LogP contribution in [0.4, 0.5) is 5.69 Å². The van der Waals surface area contributed by atoms with E-state index in [-0.39, 0.29) is 11.3 Å². The van der Waals surface area contributed by atoms with Crippen LogP contribution < -0.4 is 10.6 Å². The first-order chi connectivity index (χ1) is 11.5. The Morgan fingerprint density at radius 3 is 2.38 bits per heavy atom. The van der Waals surface area contributed by atoms with E-state index >= 15 is 0 Å². The van der Waals surface area contributed by atoms with Crippen LogP contribution in [-0.2, 0) is 4.79 Å². The van der Waals surface area contributed by atoms with Crippen molar-refractivity contribution in [1.82, 2.24) is 5.32 Å². The second-order valence-corrected chi connectivity index (χ2v) is 8.87. The second kappa shape index (κ2) is 6.14. The third kappa shape index (κ3) is 3.34. The fraction of sp³-hybridized carbons (Fsp3) is 0.600. The minimum absolute atomic E-state index is 0.0853. The van der Waals surface area contributed by atoms with Crippen LogP contribution in [0, 0.1) is 30.1 Å². The Balaban J connectivity index is 1.34. The van der Waals surface area contributed by atoms with Gasteiger partial charge in [0.25, 0.3) is 0 Å². The number of carbonyl (C=O) groups is 1. The van der Waals surface area contributed by atoms with E-state index in [4.69, 9.17) is 12.2 Å². The van der Waals surface area contributed by atoms with Gasteiger partial charge in [-0.3, -0.25) is 4.79 Å². The number of aryl methyl sites for hydroxylation is 1. The van der Waals surface area contributed by atoms with Gasteiger partial charge in [-0.15, -0.1) is 0 Å². The normalized spacial score (nSPS) is 33.3. The first-order valence-corrected chi connectivity index (χ1v) is 9.58. The third-order valence-electron chi connectivity index (χ3n) is 6.23. The van der Waals surface area contributed by atoms with Crippen molar-refractivity contribution in [2.45, 2.75) is 51.9 Å². The summed E-state index contributed by atoms with van der Waals surface area (Å²) >= 11 is 5.32. The first-order valence-electron chi connectivity index (χ1n) is 9.17. The van der Waals surface area contributed by atoms with Gasteiger partial charge < -0.3 is 10.6 Å². The summed E-state index contributed by atoms with van der Waals surface area (Å²) in [4.78, 5) is 12.6. The van der Waals surface area contributed by atoms with E-state index in [1.54, 1.807) is 0 Å². The average Bonchev–Trinajstić information content (AvgIpc) is 2.44. The van der Waals surface area contributed by atoms with Gasteiger partial charge in [0.05, 0.1) is 0 Å². The van der Waals surface area contributed by atoms with Crippen molar-refractivity contribution in [2.75, 3.05) is 5.32 Å². The number of rotatable bonds is 3. The quantitative estimate of drug-likeness (QED) is 0.799. The predicted octanol–water partition coefficient (Wildman–Crippen LogP) is 4.41. The molecule has 4 heteroatoms. The van der Waals surface area contributed by atoms with Gasteiger partial charge in [-0.1, -0.05) is 12.1 Å². The molecule has 4 aliphatic carbocycles. The molecule has 2 N–H and O–H groups in total. The number of nitrogens with one attached hydrogen (secondary N) is 2. The van der Waals surface area contributed by atoms with Crippen LogP contribution in [0.3, 0.4) is 0 Å². The third-order valence-corrected chi connectivity index (χ3v) is 6.43. The Hall–Kier alpha value is -1.42. The van der Waals surface area contributed by atoms with Gasteiger partial charge in [0.2, 0.25) is 5.91 Å². The van der Waals surface area contributed by atoms with Gasteiger partial charge in [0.1, 0.15) is 0 Å². The number of anilines is 1. The number of thiocarbonyl (C=S) groups is 1. The number of carbonyl (C=O) groups excluding carboxylic acids is 1. The van der Waals surface area contributed by atoms with Crippen molar-refractivity contribution in [2.24, 2.45) is 23.2 Å². The average molecular weight is 343 g/mol. The Morgan fingerprint density at radius 2 is 1.79 bits per heavy atom. The molecule has 5 rings (SSSR count). The topological polar surface area (TPSA) is 41.1 Å². The van der Waals surface area contributed by atoms with Crippen LogP contribution in [0.1, 0.15) is 50.5 Å². The molecule has 0 radical (unpaired) electrons. The summed E-state index contributed by atoms with van der Waals surface area (Å²) in [5, 5.41) is 6.44. The SMILES string of the molecule is Cc1cccc(NC(=S)NC(=O)CC23CC4CC(CC(C4)C2)C3)c1. The molecule has 1 aromatic carbocycles. The zero-order valence-corrected chi connectivity index (χ0v) is 15.1. The number of benzene rings is 1. The zero-order chi connectivity index (χ0) is 16.7. The molecule has 0 atom stereocenters. The van der Waals surface area contributed by atoms with Crippen LogP contribution in [0.25, 0.3) is 0 Å². The summed E-state index contributed by atoms with van der Waals surface area (Å²) < 4.78 is 0. The molecule has 0 aliphatic heterocycles. The van der Waals surface area contributed by atoms with Crippen LogP contribution in [0.5, 0.6) is 0 Å². The maximum Gasteiger partial charge on any atom is 0.226 e. The van der Waals surface area contributed by atoms with Crippen LogP contribution >= 0.6 is 12.2 Å². The van der Waals surface area contributed by atoms with Gasteiger partial charge in [0.15, 0.2) is 5.11 Å². The van der Waals surface area contributed by atoms with Gasteiger partial charge in [-0.25, -0.2) is 0 Å². The Morgan fingerprint density at radius 1 is 1.17 bits per heavy atom. The lowest BCUT2D eigenvalue weighted by atomic mass is 9.49. The lowest BCUT2D eigenvalue weighted by Crippen LogP contribution is -2.48. The highest BCUT2D eigenvalue weighted by atomic mass is 32.1. The molecule has 128 valence electrons. The highest BCUT2D eigenvalue weighted by Gasteiger charge is 2.51. The molecule has 0 spiro atoms. The van der Waals surface area contributed by atoms with Crippen molar-refractivity contribution in [3.05, 3.63) is 29.8 Å². The van der Waals surface area contributed by atoms with E-state index in [0.717, 1.165) is 23.4 Å². The molecule has 0 heterocycles. The molecular weight excluding hydrogens is 316 g/mol. The largest absolute Gasteiger partial charge is 0.332 e. The molecular formula is C20H26N2OS. The van der Waals surface area contributed by atoms with E-state index in [9.17, 15) is 4.79 Å². The minimum atomic E-state index is 0.0853. The predicted molar refractivity (Wildman–Crippen MR) is 101 cm³/mol. The summed E-state index contributed by atoms with van der Waals surface area (Å²) in [6.45, 7) is 2.04. The van der Waals surface area contributed by atoms with Crippen molar-refractivity contribution in [1.29, 1.82) is 0 Å². The highest BCUT2D eigenvalue weighted by Crippen LogP contribution is 2.61.